The van der Waals surface area contributed by atoms with Gasteiger partial charge < -0.3 is 10.6 Å². The van der Waals surface area contributed by atoms with Crippen LogP contribution in [0.2, 0.25) is 0 Å². The predicted molar refractivity (Wildman–Crippen MR) is 74.0 cm³/mol. The highest BCUT2D eigenvalue weighted by Gasteiger charge is 2.10. The number of rotatable bonds is 6. The lowest BCUT2D eigenvalue weighted by Crippen LogP contribution is -2.21. The summed E-state index contributed by atoms with van der Waals surface area (Å²) in [5, 5.41) is 17.8. The molecule has 8 heteroatoms. The van der Waals surface area contributed by atoms with E-state index >= 15 is 0 Å². The molecule has 1 amide bonds. The lowest BCUT2D eigenvalue weighted by molar-refractivity contribution is -0.117. The summed E-state index contributed by atoms with van der Waals surface area (Å²) in [6.45, 7) is 4.76. The van der Waals surface area contributed by atoms with Gasteiger partial charge in [-0.3, -0.25) is 4.79 Å². The molecule has 108 valence electrons. The Labute approximate surface area is 117 Å². The van der Waals surface area contributed by atoms with E-state index in [0.29, 0.717) is 12.4 Å². The maximum Gasteiger partial charge on any atom is 0.247 e. The van der Waals surface area contributed by atoms with Crippen LogP contribution in [0.1, 0.15) is 25.6 Å². The van der Waals surface area contributed by atoms with E-state index in [-0.39, 0.29) is 18.5 Å². The van der Waals surface area contributed by atoms with E-state index in [2.05, 4.69) is 26.0 Å². The third-order valence-corrected chi connectivity index (χ3v) is 2.68. The van der Waals surface area contributed by atoms with E-state index in [9.17, 15) is 4.79 Å². The minimum Gasteiger partial charge on any atom is -0.314 e. The van der Waals surface area contributed by atoms with Gasteiger partial charge in [0.2, 0.25) is 5.91 Å². The molecule has 0 aliphatic heterocycles. The Morgan fingerprint density at radius 2 is 2.25 bits per heavy atom. The lowest BCUT2D eigenvalue weighted by atomic mass is 10.4. The van der Waals surface area contributed by atoms with Gasteiger partial charge in [0.25, 0.3) is 0 Å². The molecule has 0 saturated heterocycles. The Kier molecular flexibility index (Phi) is 4.46. The van der Waals surface area contributed by atoms with Gasteiger partial charge in [-0.05, 0) is 20.9 Å². The second-order valence-electron chi connectivity index (χ2n) is 4.74. The van der Waals surface area contributed by atoms with Crippen LogP contribution < -0.4 is 10.6 Å². The summed E-state index contributed by atoms with van der Waals surface area (Å²) in [5.41, 5.74) is 0.799. The van der Waals surface area contributed by atoms with Crippen molar-refractivity contribution in [1.82, 2.24) is 30.1 Å². The average molecular weight is 277 g/mol. The molecular weight excluding hydrogens is 258 g/mol. The number of carbonyl (C=O) groups is 1. The molecule has 0 saturated carbocycles. The second-order valence-corrected chi connectivity index (χ2v) is 4.74. The third-order valence-electron chi connectivity index (χ3n) is 2.68. The van der Waals surface area contributed by atoms with E-state index in [1.165, 1.54) is 4.68 Å². The molecule has 2 aromatic heterocycles. The molecule has 2 rings (SSSR count). The van der Waals surface area contributed by atoms with Crippen molar-refractivity contribution < 1.29 is 4.79 Å². The van der Waals surface area contributed by atoms with Crippen LogP contribution in [-0.4, -0.2) is 37.7 Å². The van der Waals surface area contributed by atoms with Gasteiger partial charge in [0.05, 0.1) is 18.1 Å². The first-order valence-electron chi connectivity index (χ1n) is 6.47. The highest BCUT2D eigenvalue weighted by atomic mass is 16.2. The van der Waals surface area contributed by atoms with Gasteiger partial charge in [-0.1, -0.05) is 5.21 Å². The average Bonchev–Trinajstić information content (AvgIpc) is 2.99. The quantitative estimate of drug-likeness (QED) is 0.798. The van der Waals surface area contributed by atoms with Gasteiger partial charge in [0, 0.05) is 18.7 Å². The molecule has 0 radical (unpaired) electrons. The third kappa shape index (κ3) is 3.41. The summed E-state index contributed by atoms with van der Waals surface area (Å²) in [6, 6.07) is 1.96. The Morgan fingerprint density at radius 3 is 2.95 bits per heavy atom. The van der Waals surface area contributed by atoms with Crippen LogP contribution in [-0.2, 0) is 17.9 Å². The fraction of sp³-hybridized carbons (Fsp3) is 0.500. The molecular formula is C12H19N7O. The number of nitrogens with one attached hydrogen (secondary N) is 2. The zero-order chi connectivity index (χ0) is 14.5. The van der Waals surface area contributed by atoms with E-state index in [1.54, 1.807) is 23.1 Å². The van der Waals surface area contributed by atoms with E-state index in [4.69, 9.17) is 0 Å². The number of anilines is 1. The molecule has 0 aromatic carbocycles. The molecule has 2 aromatic rings. The molecule has 0 atom stereocenters. The van der Waals surface area contributed by atoms with Crippen LogP contribution in [0.3, 0.4) is 0 Å². The maximum absolute atomic E-state index is 12.0. The zero-order valence-corrected chi connectivity index (χ0v) is 11.9. The largest absolute Gasteiger partial charge is 0.314 e. The van der Waals surface area contributed by atoms with Gasteiger partial charge in [0.1, 0.15) is 12.4 Å². The van der Waals surface area contributed by atoms with Gasteiger partial charge in [-0.15, -0.1) is 5.10 Å². The van der Waals surface area contributed by atoms with Crippen molar-refractivity contribution in [3.05, 3.63) is 24.2 Å². The smallest absolute Gasteiger partial charge is 0.247 e. The molecule has 2 N–H and O–H groups in total. The normalized spacial score (nSPS) is 11.0. The summed E-state index contributed by atoms with van der Waals surface area (Å²) in [5.74, 6) is 0.522. The SMILES string of the molecule is CNCc1cn(CC(=O)Nc2ccnn2C(C)C)nn1. The standard InChI is InChI=1S/C12H19N7O/c1-9(2)19-11(4-5-14-19)15-12(20)8-18-7-10(6-13-3)16-17-18/h4-5,7,9,13H,6,8H2,1-3H3,(H,15,20). The molecule has 0 bridgehead atoms. The topological polar surface area (TPSA) is 89.7 Å². The first kappa shape index (κ1) is 14.2. The van der Waals surface area contributed by atoms with Crippen LogP contribution >= 0.6 is 0 Å². The van der Waals surface area contributed by atoms with E-state index in [0.717, 1.165) is 5.69 Å². The van der Waals surface area contributed by atoms with Crippen LogP contribution in [0, 0.1) is 0 Å². The Balaban J connectivity index is 1.96. The first-order valence-corrected chi connectivity index (χ1v) is 6.47. The lowest BCUT2D eigenvalue weighted by Gasteiger charge is -2.11. The molecule has 0 aliphatic carbocycles. The first-order chi connectivity index (χ1) is 9.60. The highest BCUT2D eigenvalue weighted by Crippen LogP contribution is 2.12. The summed E-state index contributed by atoms with van der Waals surface area (Å²) in [7, 11) is 1.83. The number of hydrogen-bond acceptors (Lipinski definition) is 5. The highest BCUT2D eigenvalue weighted by molar-refractivity contribution is 5.89. The number of aromatic nitrogens is 5. The number of amides is 1. The van der Waals surface area contributed by atoms with Crippen molar-refractivity contribution in [2.24, 2.45) is 0 Å². The fourth-order valence-corrected chi connectivity index (χ4v) is 1.83. The van der Waals surface area contributed by atoms with Crippen molar-refractivity contribution in [2.75, 3.05) is 12.4 Å². The molecule has 0 unspecified atom stereocenters. The van der Waals surface area contributed by atoms with Gasteiger partial charge in [-0.25, -0.2) is 9.36 Å². The van der Waals surface area contributed by atoms with Gasteiger partial charge >= 0.3 is 0 Å². The zero-order valence-electron chi connectivity index (χ0n) is 11.9. The molecule has 8 nitrogen and oxygen atoms in total. The molecule has 0 fully saturated rings. The minimum absolute atomic E-state index is 0.125. The van der Waals surface area contributed by atoms with Crippen LogP contribution in [0.5, 0.6) is 0 Å². The molecule has 20 heavy (non-hydrogen) atoms. The van der Waals surface area contributed by atoms with Crippen molar-refractivity contribution in [3.8, 4) is 0 Å². The summed E-state index contributed by atoms with van der Waals surface area (Å²) in [6.07, 6.45) is 3.41. The Hall–Kier alpha value is -2.22. The van der Waals surface area contributed by atoms with Crippen LogP contribution in [0.4, 0.5) is 5.82 Å². The monoisotopic (exact) mass is 277 g/mol. The van der Waals surface area contributed by atoms with Crippen LogP contribution in [0.25, 0.3) is 0 Å². The molecule has 2 heterocycles. The summed E-state index contributed by atoms with van der Waals surface area (Å²) < 4.78 is 3.27. The molecule has 0 aliphatic rings. The van der Waals surface area contributed by atoms with Gasteiger partial charge in [0.15, 0.2) is 0 Å². The second kappa shape index (κ2) is 6.29. The molecule has 0 spiro atoms. The minimum atomic E-state index is -0.159. The number of carbonyl (C=O) groups excluding carboxylic acids is 1. The fourth-order valence-electron chi connectivity index (χ4n) is 1.83. The van der Waals surface area contributed by atoms with Crippen molar-refractivity contribution >= 4 is 11.7 Å². The Morgan fingerprint density at radius 1 is 1.45 bits per heavy atom. The number of hydrogen-bond donors (Lipinski definition) is 2. The van der Waals surface area contributed by atoms with Crippen molar-refractivity contribution in [2.45, 2.75) is 33.0 Å². The van der Waals surface area contributed by atoms with E-state index in [1.807, 2.05) is 20.9 Å². The van der Waals surface area contributed by atoms with Crippen molar-refractivity contribution in [1.29, 1.82) is 0 Å². The Bertz CT molecular complexity index is 572. The number of nitrogens with zero attached hydrogens (tertiary/aromatic N) is 5. The van der Waals surface area contributed by atoms with Crippen LogP contribution in [0.15, 0.2) is 18.5 Å². The van der Waals surface area contributed by atoms with Gasteiger partial charge in [-0.2, -0.15) is 5.10 Å². The van der Waals surface area contributed by atoms with E-state index < -0.39 is 0 Å². The summed E-state index contributed by atoms with van der Waals surface area (Å²) in [4.78, 5) is 12.0. The van der Waals surface area contributed by atoms with Crippen molar-refractivity contribution in [3.63, 3.8) is 0 Å². The maximum atomic E-state index is 12.0. The summed E-state index contributed by atoms with van der Waals surface area (Å²) >= 11 is 0. The predicted octanol–water partition coefficient (Wildman–Crippen LogP) is 0.414.